The van der Waals surface area contributed by atoms with Crippen LogP contribution in [-0.4, -0.2) is 23.7 Å². The van der Waals surface area contributed by atoms with Crippen molar-refractivity contribution in [2.75, 3.05) is 11.9 Å². The summed E-state index contributed by atoms with van der Waals surface area (Å²) in [5.74, 6) is -0.439. The molecule has 0 atom stereocenters. The number of aromatic nitrogens is 1. The lowest BCUT2D eigenvalue weighted by Gasteiger charge is -2.23. The molecule has 8 heteroatoms. The van der Waals surface area contributed by atoms with Crippen LogP contribution >= 0.6 is 0 Å². The molecule has 4 nitrogen and oxygen atoms in total. The van der Waals surface area contributed by atoms with Gasteiger partial charge in [-0.3, -0.25) is 4.79 Å². The molecule has 3 aromatic rings. The smallest absolute Gasteiger partial charge is 0.422 e. The third kappa shape index (κ3) is 4.22. The predicted octanol–water partition coefficient (Wildman–Crippen LogP) is 5.72. The van der Waals surface area contributed by atoms with Crippen molar-refractivity contribution < 1.29 is 27.1 Å². The van der Waals surface area contributed by atoms with E-state index in [9.17, 15) is 22.4 Å². The zero-order valence-corrected chi connectivity index (χ0v) is 15.8. The molecule has 0 aliphatic heterocycles. The van der Waals surface area contributed by atoms with Crippen molar-refractivity contribution in [3.63, 3.8) is 0 Å². The van der Waals surface area contributed by atoms with Gasteiger partial charge in [0, 0.05) is 22.4 Å². The average Bonchev–Trinajstić information content (AvgIpc) is 2.65. The summed E-state index contributed by atoms with van der Waals surface area (Å²) in [4.78, 5) is 16.6. The zero-order chi connectivity index (χ0) is 21.3. The number of amides is 1. The fraction of sp³-hybridized carbons (Fsp3) is 0.273. The highest BCUT2D eigenvalue weighted by atomic mass is 19.4. The van der Waals surface area contributed by atoms with E-state index in [2.05, 4.69) is 10.3 Å². The minimum atomic E-state index is -4.49. The molecule has 1 heterocycles. The van der Waals surface area contributed by atoms with Crippen LogP contribution in [-0.2, 0) is 4.79 Å². The summed E-state index contributed by atoms with van der Waals surface area (Å²) in [5, 5.41) is 2.94. The van der Waals surface area contributed by atoms with E-state index in [0.717, 1.165) is 19.3 Å². The van der Waals surface area contributed by atoms with Crippen LogP contribution in [0.5, 0.6) is 5.75 Å². The van der Waals surface area contributed by atoms with Gasteiger partial charge in [-0.15, -0.1) is 0 Å². The minimum Gasteiger partial charge on any atom is -0.483 e. The molecule has 0 spiro atoms. The van der Waals surface area contributed by atoms with Gasteiger partial charge in [0.05, 0.1) is 5.52 Å². The number of pyridine rings is 1. The Morgan fingerprint density at radius 2 is 1.83 bits per heavy atom. The summed E-state index contributed by atoms with van der Waals surface area (Å²) in [6, 6.07) is 11.9. The summed E-state index contributed by atoms with van der Waals surface area (Å²) in [6.45, 7) is -1.45. The molecule has 1 saturated carbocycles. The van der Waals surface area contributed by atoms with E-state index in [4.69, 9.17) is 4.74 Å². The topological polar surface area (TPSA) is 51.2 Å². The summed E-state index contributed by atoms with van der Waals surface area (Å²) in [6.07, 6.45) is -1.84. The molecule has 30 heavy (non-hydrogen) atoms. The van der Waals surface area contributed by atoms with Crippen molar-refractivity contribution in [2.24, 2.45) is 5.92 Å². The Hall–Kier alpha value is -3.16. The van der Waals surface area contributed by atoms with Crippen molar-refractivity contribution in [1.29, 1.82) is 0 Å². The van der Waals surface area contributed by atoms with Gasteiger partial charge in [0.1, 0.15) is 17.4 Å². The molecule has 1 aliphatic carbocycles. The Bertz CT molecular complexity index is 1090. The lowest BCUT2D eigenvalue weighted by Crippen LogP contribution is -2.28. The SMILES string of the molecule is O=C(Nc1ccc2c(F)ccc(-c3ccccc3OCC(F)(F)F)c2n1)C1CCC1. The van der Waals surface area contributed by atoms with Crippen LogP contribution in [0.15, 0.2) is 48.5 Å². The molecule has 1 N–H and O–H groups in total. The first-order chi connectivity index (χ1) is 14.3. The molecule has 1 aliphatic rings. The summed E-state index contributed by atoms with van der Waals surface area (Å²) >= 11 is 0. The second kappa shape index (κ2) is 7.93. The number of nitrogens with zero attached hydrogens (tertiary/aromatic N) is 1. The number of alkyl halides is 3. The van der Waals surface area contributed by atoms with Crippen LogP contribution < -0.4 is 10.1 Å². The van der Waals surface area contributed by atoms with E-state index in [-0.39, 0.29) is 34.3 Å². The first-order valence-electron chi connectivity index (χ1n) is 9.51. The number of para-hydroxylation sites is 1. The lowest BCUT2D eigenvalue weighted by molar-refractivity contribution is -0.153. The summed E-state index contributed by atoms with van der Waals surface area (Å²) in [7, 11) is 0. The monoisotopic (exact) mass is 418 g/mol. The van der Waals surface area contributed by atoms with Gasteiger partial charge in [-0.25, -0.2) is 9.37 Å². The van der Waals surface area contributed by atoms with Crippen molar-refractivity contribution in [3.8, 4) is 16.9 Å². The van der Waals surface area contributed by atoms with Crippen molar-refractivity contribution in [2.45, 2.75) is 25.4 Å². The molecule has 2 aromatic carbocycles. The number of hydrogen-bond donors (Lipinski definition) is 1. The Labute approximate surface area is 169 Å². The van der Waals surface area contributed by atoms with Gasteiger partial charge in [-0.1, -0.05) is 24.6 Å². The Kier molecular flexibility index (Phi) is 5.32. The number of halogens is 4. The number of benzene rings is 2. The van der Waals surface area contributed by atoms with Gasteiger partial charge in [0.15, 0.2) is 6.61 Å². The van der Waals surface area contributed by atoms with Gasteiger partial charge in [0.25, 0.3) is 0 Å². The first-order valence-corrected chi connectivity index (χ1v) is 9.51. The van der Waals surface area contributed by atoms with Crippen molar-refractivity contribution >= 4 is 22.6 Å². The highest BCUT2D eigenvalue weighted by Gasteiger charge is 2.29. The molecule has 1 aromatic heterocycles. The van der Waals surface area contributed by atoms with Gasteiger partial charge in [-0.05, 0) is 43.2 Å². The van der Waals surface area contributed by atoms with E-state index in [1.807, 2.05) is 0 Å². The lowest BCUT2D eigenvalue weighted by atomic mass is 9.85. The highest BCUT2D eigenvalue weighted by Crippen LogP contribution is 2.36. The molecule has 1 fully saturated rings. The standard InChI is InChI=1S/C22H18F4N2O2/c23-17-10-8-15(14-6-1-2-7-18(14)30-12-22(24,25)26)20-16(17)9-11-19(27-20)28-21(29)13-4-3-5-13/h1-2,6-11,13H,3-5,12H2,(H,27,28,29). The Morgan fingerprint density at radius 3 is 2.53 bits per heavy atom. The van der Waals surface area contributed by atoms with Crippen LogP contribution in [0.4, 0.5) is 23.4 Å². The number of anilines is 1. The Balaban J connectivity index is 1.74. The number of ether oxygens (including phenoxy) is 1. The molecule has 0 unspecified atom stereocenters. The largest absolute Gasteiger partial charge is 0.483 e. The van der Waals surface area contributed by atoms with Gasteiger partial charge >= 0.3 is 6.18 Å². The Morgan fingerprint density at radius 1 is 1.07 bits per heavy atom. The number of carbonyl (C=O) groups excluding carboxylic acids is 1. The number of hydrogen-bond acceptors (Lipinski definition) is 3. The van der Waals surface area contributed by atoms with Crippen LogP contribution in [0.1, 0.15) is 19.3 Å². The maximum Gasteiger partial charge on any atom is 0.422 e. The predicted molar refractivity (Wildman–Crippen MR) is 105 cm³/mol. The molecule has 0 saturated heterocycles. The summed E-state index contributed by atoms with van der Waals surface area (Å²) in [5.41, 5.74) is 0.982. The average molecular weight is 418 g/mol. The first kappa shape index (κ1) is 20.1. The highest BCUT2D eigenvalue weighted by molar-refractivity contribution is 5.98. The number of rotatable bonds is 5. The maximum atomic E-state index is 14.4. The summed E-state index contributed by atoms with van der Waals surface area (Å²) < 4.78 is 57.2. The van der Waals surface area contributed by atoms with Crippen LogP contribution in [0, 0.1) is 11.7 Å². The van der Waals surface area contributed by atoms with Gasteiger partial charge < -0.3 is 10.1 Å². The van der Waals surface area contributed by atoms with Gasteiger partial charge in [0.2, 0.25) is 5.91 Å². The number of fused-ring (bicyclic) bond motifs is 1. The molecular weight excluding hydrogens is 400 g/mol. The fourth-order valence-electron chi connectivity index (χ4n) is 3.34. The fourth-order valence-corrected chi connectivity index (χ4v) is 3.34. The van der Waals surface area contributed by atoms with Crippen molar-refractivity contribution in [3.05, 3.63) is 54.3 Å². The van der Waals surface area contributed by atoms with E-state index in [1.54, 1.807) is 18.2 Å². The van der Waals surface area contributed by atoms with E-state index < -0.39 is 18.6 Å². The number of nitrogens with one attached hydrogen (secondary N) is 1. The molecular formula is C22H18F4N2O2. The zero-order valence-electron chi connectivity index (χ0n) is 15.8. The van der Waals surface area contributed by atoms with Crippen LogP contribution in [0.25, 0.3) is 22.0 Å². The van der Waals surface area contributed by atoms with E-state index >= 15 is 0 Å². The van der Waals surface area contributed by atoms with Crippen LogP contribution in [0.3, 0.4) is 0 Å². The van der Waals surface area contributed by atoms with E-state index in [1.165, 1.54) is 30.3 Å². The molecule has 156 valence electrons. The van der Waals surface area contributed by atoms with Crippen molar-refractivity contribution in [1.82, 2.24) is 4.98 Å². The van der Waals surface area contributed by atoms with Crippen LogP contribution in [0.2, 0.25) is 0 Å². The minimum absolute atomic E-state index is 0.00781. The quantitative estimate of drug-likeness (QED) is 0.539. The third-order valence-electron chi connectivity index (χ3n) is 5.10. The molecule has 4 rings (SSSR count). The molecule has 0 bridgehead atoms. The number of carbonyl (C=O) groups is 1. The molecule has 1 amide bonds. The maximum absolute atomic E-state index is 14.4. The second-order valence-corrected chi connectivity index (χ2v) is 7.20. The third-order valence-corrected chi connectivity index (χ3v) is 5.10. The van der Waals surface area contributed by atoms with Gasteiger partial charge in [-0.2, -0.15) is 13.2 Å². The molecule has 0 radical (unpaired) electrons. The second-order valence-electron chi connectivity index (χ2n) is 7.20. The normalized spacial score (nSPS) is 14.4. The van der Waals surface area contributed by atoms with E-state index in [0.29, 0.717) is 11.1 Å².